The highest BCUT2D eigenvalue weighted by Crippen LogP contribution is 2.47. The van der Waals surface area contributed by atoms with E-state index in [0.29, 0.717) is 0 Å². The minimum atomic E-state index is 0.0817. The smallest absolute Gasteiger partial charge is 0.0541 e. The Morgan fingerprint density at radius 2 is 0.534 bits per heavy atom. The first-order valence-corrected chi connectivity index (χ1v) is 21.8. The lowest BCUT2D eigenvalue weighted by Gasteiger charge is -2.31. The largest absolute Gasteiger partial charge is 0.309 e. The molecule has 2 aromatic heterocycles. The summed E-state index contributed by atoms with van der Waals surface area (Å²) in [6, 6.07) is 39.0. The molecule has 0 aliphatic heterocycles. The molecule has 0 amide bonds. The van der Waals surface area contributed by atoms with E-state index in [1.165, 1.54) is 111 Å². The summed E-state index contributed by atoms with van der Waals surface area (Å²) in [5, 5.41) is 5.42. The second-order valence-electron chi connectivity index (χ2n) is 21.9. The van der Waals surface area contributed by atoms with Gasteiger partial charge in [0.15, 0.2) is 0 Å². The van der Waals surface area contributed by atoms with Crippen LogP contribution >= 0.6 is 0 Å². The van der Waals surface area contributed by atoms with Gasteiger partial charge in [0.05, 0.1) is 22.1 Å². The molecule has 0 fully saturated rings. The Morgan fingerprint density at radius 1 is 0.310 bits per heavy atom. The summed E-state index contributed by atoms with van der Waals surface area (Å²) in [7, 11) is 0. The average molecular weight is 761 g/mol. The Kier molecular flexibility index (Phi) is 7.85. The highest BCUT2D eigenvalue weighted by atomic mass is 15.0. The van der Waals surface area contributed by atoms with Gasteiger partial charge in [-0.25, -0.2) is 0 Å². The van der Waals surface area contributed by atoms with Gasteiger partial charge in [0, 0.05) is 32.9 Å². The maximum absolute atomic E-state index is 2.56. The zero-order valence-electron chi connectivity index (χ0n) is 37.0. The summed E-state index contributed by atoms with van der Waals surface area (Å²) in [5.41, 5.74) is 22.7. The van der Waals surface area contributed by atoms with E-state index in [-0.39, 0.29) is 21.7 Å². The van der Waals surface area contributed by atoms with Crippen molar-refractivity contribution in [3.63, 3.8) is 0 Å². The summed E-state index contributed by atoms with van der Waals surface area (Å²) < 4.78 is 5.12. The van der Waals surface area contributed by atoms with Crippen molar-refractivity contribution < 1.29 is 0 Å². The number of nitrogens with zero attached hydrogens (tertiary/aromatic N) is 2. The minimum absolute atomic E-state index is 0.0817. The molecule has 58 heavy (non-hydrogen) atoms. The molecule has 8 aromatic rings. The van der Waals surface area contributed by atoms with Gasteiger partial charge in [-0.1, -0.05) is 107 Å². The summed E-state index contributed by atoms with van der Waals surface area (Å²) in [5.74, 6) is 0. The Morgan fingerprint density at radius 3 is 0.741 bits per heavy atom. The van der Waals surface area contributed by atoms with E-state index in [1.807, 2.05) is 0 Å². The van der Waals surface area contributed by atoms with Gasteiger partial charge in [-0.05, 0) is 176 Å². The van der Waals surface area contributed by atoms with Crippen molar-refractivity contribution in [2.24, 2.45) is 0 Å². The van der Waals surface area contributed by atoms with Crippen LogP contribution in [0.4, 0.5) is 0 Å². The Bertz CT molecular complexity index is 2620. The molecule has 2 nitrogen and oxygen atoms in total. The van der Waals surface area contributed by atoms with Crippen molar-refractivity contribution in [1.82, 2.24) is 9.13 Å². The van der Waals surface area contributed by atoms with Crippen LogP contribution in [0.25, 0.3) is 66.1 Å². The van der Waals surface area contributed by atoms with Gasteiger partial charge < -0.3 is 9.13 Å². The third-order valence-corrected chi connectivity index (χ3v) is 13.7. The van der Waals surface area contributed by atoms with Gasteiger partial charge in [0.1, 0.15) is 0 Å². The first-order chi connectivity index (χ1) is 27.3. The quantitative estimate of drug-likeness (QED) is 0.166. The van der Waals surface area contributed by atoms with E-state index < -0.39 is 0 Å². The molecule has 10 rings (SSSR count). The summed E-state index contributed by atoms with van der Waals surface area (Å²) in [6.45, 7) is 27.9. The topological polar surface area (TPSA) is 9.86 Å². The molecule has 6 aromatic carbocycles. The Labute approximate surface area is 345 Å². The molecule has 0 saturated carbocycles. The van der Waals surface area contributed by atoms with Crippen LogP contribution in [0.1, 0.15) is 128 Å². The molecule has 0 saturated heterocycles. The van der Waals surface area contributed by atoms with Crippen LogP contribution in [0.5, 0.6) is 0 Å². The van der Waals surface area contributed by atoms with Gasteiger partial charge in [0.2, 0.25) is 0 Å². The zero-order chi connectivity index (χ0) is 40.8. The van der Waals surface area contributed by atoms with Crippen LogP contribution in [0.2, 0.25) is 0 Å². The van der Waals surface area contributed by atoms with Crippen molar-refractivity contribution in [1.29, 1.82) is 0 Å². The highest BCUT2D eigenvalue weighted by molar-refractivity contribution is 6.11. The van der Waals surface area contributed by atoms with E-state index in [9.17, 15) is 0 Å². The first-order valence-electron chi connectivity index (χ1n) is 21.8. The predicted octanol–water partition coefficient (Wildman–Crippen LogP) is 14.9. The van der Waals surface area contributed by atoms with Crippen molar-refractivity contribution in [2.75, 3.05) is 0 Å². The Balaban J connectivity index is 1.14. The molecule has 2 heterocycles. The van der Waals surface area contributed by atoms with Gasteiger partial charge in [-0.15, -0.1) is 0 Å². The summed E-state index contributed by atoms with van der Waals surface area (Å²) >= 11 is 0. The van der Waals surface area contributed by atoms with Crippen molar-refractivity contribution >= 4 is 43.6 Å². The first kappa shape index (κ1) is 37.2. The molecule has 0 atom stereocenters. The number of aryl methyl sites for hydroxylation is 4. The molecule has 2 heteroatoms. The van der Waals surface area contributed by atoms with Crippen LogP contribution in [-0.2, 0) is 47.3 Å². The van der Waals surface area contributed by atoms with E-state index in [4.69, 9.17) is 0 Å². The normalized spacial score (nSPS) is 14.6. The number of rotatable bonds is 2. The van der Waals surface area contributed by atoms with Crippen molar-refractivity contribution in [2.45, 2.75) is 130 Å². The maximum Gasteiger partial charge on any atom is 0.0541 e. The second kappa shape index (κ2) is 12.2. The number of hydrogen-bond acceptors (Lipinski definition) is 0. The van der Waals surface area contributed by atoms with Gasteiger partial charge in [0.25, 0.3) is 0 Å². The fourth-order valence-corrected chi connectivity index (χ4v) is 10.2. The molecule has 2 aliphatic rings. The monoisotopic (exact) mass is 760 g/mol. The standard InChI is InChI=1S/C56H60N2/c1-53(2,3)37-17-21-47-43(29-37)44-30-38(54(4,5)6)18-22-48(44)57(47)41-25-33-13-15-35-27-42(28-36-16-14-34(26-41)51(33)52(35)36)58-49-23-19-39(55(7,8)9)31-45(49)46-32-40(56(10,11)12)20-24-50(46)58/h17-32H,13-16H2,1-12H3. The zero-order valence-corrected chi connectivity index (χ0v) is 37.0. The summed E-state index contributed by atoms with van der Waals surface area (Å²) in [6.07, 6.45) is 4.23. The fraction of sp³-hybridized carbons (Fsp3) is 0.357. The molecule has 2 aliphatic carbocycles. The van der Waals surface area contributed by atoms with Crippen LogP contribution < -0.4 is 0 Å². The van der Waals surface area contributed by atoms with E-state index in [1.54, 1.807) is 0 Å². The third kappa shape index (κ3) is 5.72. The average Bonchev–Trinajstić information content (AvgIpc) is 3.66. The molecule has 0 radical (unpaired) electrons. The lowest BCUT2D eigenvalue weighted by Crippen LogP contribution is -2.16. The number of fused-ring (bicyclic) bond motifs is 6. The molecule has 294 valence electrons. The molecular formula is C56H60N2. The van der Waals surface area contributed by atoms with E-state index >= 15 is 0 Å². The molecule has 0 unspecified atom stereocenters. The lowest BCUT2D eigenvalue weighted by molar-refractivity contribution is 0.590. The summed E-state index contributed by atoms with van der Waals surface area (Å²) in [4.78, 5) is 0. The minimum Gasteiger partial charge on any atom is -0.309 e. The Hall–Kier alpha value is -5.08. The highest BCUT2D eigenvalue weighted by Gasteiger charge is 2.30. The van der Waals surface area contributed by atoms with E-state index in [2.05, 4.69) is 189 Å². The third-order valence-electron chi connectivity index (χ3n) is 13.7. The molecule has 0 N–H and O–H groups in total. The van der Waals surface area contributed by atoms with Crippen LogP contribution in [0, 0.1) is 0 Å². The van der Waals surface area contributed by atoms with Gasteiger partial charge in [-0.3, -0.25) is 0 Å². The second-order valence-corrected chi connectivity index (χ2v) is 21.9. The number of hydrogen-bond donors (Lipinski definition) is 0. The van der Waals surface area contributed by atoms with Crippen LogP contribution in [0.15, 0.2) is 97.1 Å². The lowest BCUT2D eigenvalue weighted by atomic mass is 9.75. The predicted molar refractivity (Wildman–Crippen MR) is 250 cm³/mol. The van der Waals surface area contributed by atoms with Gasteiger partial charge >= 0.3 is 0 Å². The SMILES string of the molecule is CC(C)(C)c1ccc2c(c1)c1cc(C(C)(C)C)ccc1n2-c1cc2c3c(c1)CCc1cc(-n4c5ccc(C(C)(C)C)cc5c5cc(C(C)(C)C)ccc54)cc(c1-3)CC2. The molecular weight excluding hydrogens is 701 g/mol. The fourth-order valence-electron chi connectivity index (χ4n) is 10.2. The number of benzene rings is 6. The van der Waals surface area contributed by atoms with Crippen molar-refractivity contribution in [3.05, 3.63) is 142 Å². The number of aromatic nitrogens is 2. The molecule has 0 spiro atoms. The van der Waals surface area contributed by atoms with Crippen LogP contribution in [-0.4, -0.2) is 9.13 Å². The van der Waals surface area contributed by atoms with Crippen LogP contribution in [0.3, 0.4) is 0 Å². The maximum atomic E-state index is 2.56. The molecule has 0 bridgehead atoms. The van der Waals surface area contributed by atoms with Gasteiger partial charge in [-0.2, -0.15) is 0 Å². The van der Waals surface area contributed by atoms with Crippen molar-refractivity contribution in [3.8, 4) is 22.5 Å². The van der Waals surface area contributed by atoms with E-state index in [0.717, 1.165) is 25.7 Å².